The van der Waals surface area contributed by atoms with Gasteiger partial charge >= 0.3 is 0 Å². The third kappa shape index (κ3) is 3.61. The minimum atomic E-state index is 0.411. The molecule has 7 heteroatoms. The molecule has 2 aromatic carbocycles. The van der Waals surface area contributed by atoms with E-state index < -0.39 is 0 Å². The molecule has 0 aliphatic rings. The van der Waals surface area contributed by atoms with Gasteiger partial charge in [-0.05, 0) is 37.3 Å². The Hall–Kier alpha value is -2.93. The molecule has 1 heterocycles. The van der Waals surface area contributed by atoms with E-state index in [9.17, 15) is 0 Å². The second-order valence-corrected chi connectivity index (χ2v) is 5.77. The first kappa shape index (κ1) is 16.9. The third-order valence-electron chi connectivity index (χ3n) is 3.71. The van der Waals surface area contributed by atoms with Crippen molar-refractivity contribution in [3.8, 4) is 22.9 Å². The SMILES string of the molecule is COc1ccc(OC)c(/C=N\n2c(-c3ccc(C)cc3)n[nH]c2=S)c1. The number of aromatic nitrogens is 3. The number of nitrogens with zero attached hydrogens (tertiary/aromatic N) is 3. The van der Waals surface area contributed by atoms with Gasteiger partial charge < -0.3 is 9.47 Å². The van der Waals surface area contributed by atoms with E-state index in [0.29, 0.717) is 16.3 Å². The van der Waals surface area contributed by atoms with Crippen LogP contribution in [-0.2, 0) is 0 Å². The molecule has 0 spiro atoms. The fourth-order valence-electron chi connectivity index (χ4n) is 2.35. The smallest absolute Gasteiger partial charge is 0.216 e. The normalized spacial score (nSPS) is 11.0. The first-order valence-electron chi connectivity index (χ1n) is 7.63. The number of H-pyrrole nitrogens is 1. The molecule has 1 aromatic heterocycles. The van der Waals surface area contributed by atoms with Crippen LogP contribution in [0.5, 0.6) is 11.5 Å². The second kappa shape index (κ2) is 7.31. The second-order valence-electron chi connectivity index (χ2n) is 5.38. The molecule has 25 heavy (non-hydrogen) atoms. The van der Waals surface area contributed by atoms with Crippen LogP contribution in [0.1, 0.15) is 11.1 Å². The summed E-state index contributed by atoms with van der Waals surface area (Å²) in [4.78, 5) is 0. The quantitative estimate of drug-likeness (QED) is 0.559. The highest BCUT2D eigenvalue weighted by atomic mass is 32.1. The van der Waals surface area contributed by atoms with E-state index >= 15 is 0 Å². The zero-order valence-electron chi connectivity index (χ0n) is 14.2. The van der Waals surface area contributed by atoms with Crippen molar-refractivity contribution < 1.29 is 9.47 Å². The Morgan fingerprint density at radius 1 is 1.12 bits per heavy atom. The number of benzene rings is 2. The van der Waals surface area contributed by atoms with E-state index in [1.807, 2.05) is 49.4 Å². The Morgan fingerprint density at radius 2 is 1.88 bits per heavy atom. The lowest BCUT2D eigenvalue weighted by Crippen LogP contribution is -1.97. The molecule has 0 bridgehead atoms. The Labute approximate surface area is 150 Å². The first-order valence-corrected chi connectivity index (χ1v) is 8.04. The van der Waals surface area contributed by atoms with Gasteiger partial charge in [-0.2, -0.15) is 14.9 Å². The van der Waals surface area contributed by atoms with Crippen molar-refractivity contribution in [2.24, 2.45) is 5.10 Å². The molecule has 0 fully saturated rings. The lowest BCUT2D eigenvalue weighted by molar-refractivity contribution is 0.402. The van der Waals surface area contributed by atoms with Crippen molar-refractivity contribution in [1.29, 1.82) is 0 Å². The van der Waals surface area contributed by atoms with Gasteiger partial charge in [-0.25, -0.2) is 5.10 Å². The molecule has 0 amide bonds. The van der Waals surface area contributed by atoms with E-state index in [1.165, 1.54) is 5.56 Å². The molecule has 0 aliphatic heterocycles. The van der Waals surface area contributed by atoms with Gasteiger partial charge in [-0.15, -0.1) is 0 Å². The summed E-state index contributed by atoms with van der Waals surface area (Å²) in [6.45, 7) is 2.04. The molecule has 0 saturated heterocycles. The molecule has 0 aliphatic carbocycles. The fraction of sp³-hybridized carbons (Fsp3) is 0.167. The molecule has 0 radical (unpaired) electrons. The summed E-state index contributed by atoms with van der Waals surface area (Å²) in [6.07, 6.45) is 1.67. The van der Waals surface area contributed by atoms with Crippen LogP contribution in [0.15, 0.2) is 47.6 Å². The van der Waals surface area contributed by atoms with E-state index in [1.54, 1.807) is 25.1 Å². The van der Waals surface area contributed by atoms with E-state index in [0.717, 1.165) is 16.9 Å². The summed E-state index contributed by atoms with van der Waals surface area (Å²) >= 11 is 5.30. The topological polar surface area (TPSA) is 64.4 Å². The van der Waals surface area contributed by atoms with Crippen LogP contribution >= 0.6 is 12.2 Å². The minimum Gasteiger partial charge on any atom is -0.497 e. The Morgan fingerprint density at radius 3 is 2.56 bits per heavy atom. The maximum Gasteiger partial charge on any atom is 0.216 e. The third-order valence-corrected chi connectivity index (χ3v) is 3.97. The average Bonchev–Trinajstić information content (AvgIpc) is 3.01. The number of methoxy groups -OCH3 is 2. The highest BCUT2D eigenvalue weighted by Crippen LogP contribution is 2.23. The Bertz CT molecular complexity index is 958. The number of aryl methyl sites for hydroxylation is 1. The summed E-state index contributed by atoms with van der Waals surface area (Å²) in [5.74, 6) is 2.05. The van der Waals surface area contributed by atoms with E-state index in [2.05, 4.69) is 15.3 Å². The van der Waals surface area contributed by atoms with Crippen molar-refractivity contribution in [2.45, 2.75) is 6.92 Å². The van der Waals surface area contributed by atoms with E-state index in [4.69, 9.17) is 21.7 Å². The van der Waals surface area contributed by atoms with Gasteiger partial charge in [0, 0.05) is 11.1 Å². The monoisotopic (exact) mass is 354 g/mol. The van der Waals surface area contributed by atoms with Crippen LogP contribution < -0.4 is 9.47 Å². The summed E-state index contributed by atoms with van der Waals surface area (Å²) in [6, 6.07) is 13.5. The van der Waals surface area contributed by atoms with Crippen LogP contribution in [0, 0.1) is 11.7 Å². The van der Waals surface area contributed by atoms with Crippen molar-refractivity contribution in [2.75, 3.05) is 14.2 Å². The molecular weight excluding hydrogens is 336 g/mol. The van der Waals surface area contributed by atoms with Gasteiger partial charge in [0.2, 0.25) is 4.77 Å². The molecule has 0 unspecified atom stereocenters. The van der Waals surface area contributed by atoms with Gasteiger partial charge in [0.25, 0.3) is 0 Å². The maximum atomic E-state index is 5.37. The zero-order chi connectivity index (χ0) is 17.8. The van der Waals surface area contributed by atoms with Crippen LogP contribution in [0.4, 0.5) is 0 Å². The number of rotatable bonds is 5. The number of nitrogens with one attached hydrogen (secondary N) is 1. The predicted molar refractivity (Wildman–Crippen MR) is 100 cm³/mol. The van der Waals surface area contributed by atoms with Crippen molar-refractivity contribution in [3.05, 3.63) is 58.4 Å². The summed E-state index contributed by atoms with van der Waals surface area (Å²) in [5, 5.41) is 11.5. The van der Waals surface area contributed by atoms with Crippen LogP contribution in [-0.4, -0.2) is 35.3 Å². The number of hydrogen-bond donors (Lipinski definition) is 1. The molecule has 1 N–H and O–H groups in total. The average molecular weight is 354 g/mol. The van der Waals surface area contributed by atoms with Crippen molar-refractivity contribution in [1.82, 2.24) is 14.9 Å². The predicted octanol–water partition coefficient (Wildman–Crippen LogP) is 3.82. The van der Waals surface area contributed by atoms with Crippen LogP contribution in [0.3, 0.4) is 0 Å². The van der Waals surface area contributed by atoms with Gasteiger partial charge in [-0.1, -0.05) is 29.8 Å². The Balaban J connectivity index is 2.01. The Kier molecular flexibility index (Phi) is 4.95. The van der Waals surface area contributed by atoms with Gasteiger partial charge in [0.15, 0.2) is 5.82 Å². The summed E-state index contributed by atoms with van der Waals surface area (Å²) in [7, 11) is 3.23. The van der Waals surface area contributed by atoms with Crippen molar-refractivity contribution in [3.63, 3.8) is 0 Å². The molecule has 3 aromatic rings. The highest BCUT2D eigenvalue weighted by molar-refractivity contribution is 7.71. The van der Waals surface area contributed by atoms with Crippen LogP contribution in [0.25, 0.3) is 11.4 Å². The van der Waals surface area contributed by atoms with Gasteiger partial charge in [0.1, 0.15) is 11.5 Å². The summed E-state index contributed by atoms with van der Waals surface area (Å²) in [5.41, 5.74) is 2.88. The van der Waals surface area contributed by atoms with Crippen LogP contribution in [0.2, 0.25) is 0 Å². The molecule has 0 atom stereocenters. The molecule has 3 rings (SSSR count). The minimum absolute atomic E-state index is 0.411. The number of hydrogen-bond acceptors (Lipinski definition) is 5. The fourth-order valence-corrected chi connectivity index (χ4v) is 2.53. The molecule has 128 valence electrons. The van der Waals surface area contributed by atoms with Gasteiger partial charge in [-0.3, -0.25) is 0 Å². The highest BCUT2D eigenvalue weighted by Gasteiger charge is 2.08. The molecule has 0 saturated carbocycles. The van der Waals surface area contributed by atoms with Gasteiger partial charge in [0.05, 0.1) is 20.4 Å². The first-order chi connectivity index (χ1) is 12.1. The standard InChI is InChI=1S/C18H18N4O2S/c1-12-4-6-13(7-5-12)17-20-21-18(25)22(17)19-11-14-10-15(23-2)8-9-16(14)24-3/h4-11H,1-3H3,(H,21,25)/b19-11-. The maximum absolute atomic E-state index is 5.37. The van der Waals surface area contributed by atoms with Crippen molar-refractivity contribution >= 4 is 18.4 Å². The lowest BCUT2D eigenvalue weighted by atomic mass is 10.1. The number of ether oxygens (including phenoxy) is 2. The zero-order valence-corrected chi connectivity index (χ0v) is 15.0. The largest absolute Gasteiger partial charge is 0.497 e. The number of aromatic amines is 1. The summed E-state index contributed by atoms with van der Waals surface area (Å²) < 4.78 is 12.6. The lowest BCUT2D eigenvalue weighted by Gasteiger charge is -2.07. The van der Waals surface area contributed by atoms with E-state index in [-0.39, 0.29) is 0 Å². The molecule has 6 nitrogen and oxygen atoms in total. The molecular formula is C18H18N4O2S.